The Balaban J connectivity index is 1.53. The van der Waals surface area contributed by atoms with Crippen LogP contribution in [0.4, 0.5) is 8.78 Å². The van der Waals surface area contributed by atoms with Gasteiger partial charge in [0, 0.05) is 25.6 Å². The van der Waals surface area contributed by atoms with E-state index in [-0.39, 0.29) is 36.6 Å². The number of Topliss-reactive ketones (excluding diaryl/α,β-unsaturated/α-hetero) is 1. The molecule has 0 bridgehead atoms. The number of benzene rings is 2. The number of nitrogens with zero attached hydrogens (tertiary/aromatic N) is 1. The van der Waals surface area contributed by atoms with Crippen molar-refractivity contribution in [3.8, 4) is 0 Å². The summed E-state index contributed by atoms with van der Waals surface area (Å²) in [4.78, 5) is 14.9. The number of carbonyl (C=O) groups is 1. The van der Waals surface area contributed by atoms with Crippen LogP contribution >= 0.6 is 0 Å². The molecular weight excluding hydrogens is 334 g/mol. The number of ketones is 1. The van der Waals surface area contributed by atoms with E-state index in [1.807, 2.05) is 23.1 Å². The van der Waals surface area contributed by atoms with E-state index in [1.54, 1.807) is 12.1 Å². The van der Waals surface area contributed by atoms with Gasteiger partial charge < -0.3 is 5.73 Å². The zero-order valence-electron chi connectivity index (χ0n) is 14.4. The first kappa shape index (κ1) is 17.3. The summed E-state index contributed by atoms with van der Waals surface area (Å²) in [5.74, 6) is -0.276. The zero-order valence-corrected chi connectivity index (χ0v) is 14.4. The molecule has 3 nitrogen and oxygen atoms in total. The lowest BCUT2D eigenvalue weighted by atomic mass is 9.88. The van der Waals surface area contributed by atoms with Crippen molar-refractivity contribution in [1.29, 1.82) is 0 Å². The van der Waals surface area contributed by atoms with Gasteiger partial charge in [-0.25, -0.2) is 8.78 Å². The molecule has 26 heavy (non-hydrogen) atoms. The summed E-state index contributed by atoms with van der Waals surface area (Å²) in [6, 6.07) is 13.3. The summed E-state index contributed by atoms with van der Waals surface area (Å²) in [5, 5.41) is 0. The van der Waals surface area contributed by atoms with Crippen molar-refractivity contribution in [2.75, 3.05) is 13.1 Å². The van der Waals surface area contributed by atoms with Gasteiger partial charge in [-0.3, -0.25) is 9.69 Å². The molecule has 3 atom stereocenters. The van der Waals surface area contributed by atoms with E-state index in [0.717, 1.165) is 12.0 Å². The first-order valence-corrected chi connectivity index (χ1v) is 9.02. The van der Waals surface area contributed by atoms with Crippen LogP contribution in [0, 0.1) is 11.7 Å². The summed E-state index contributed by atoms with van der Waals surface area (Å²) >= 11 is 0. The summed E-state index contributed by atoms with van der Waals surface area (Å²) in [7, 11) is 0. The molecule has 0 spiro atoms. The first-order chi connectivity index (χ1) is 12.5. The highest BCUT2D eigenvalue weighted by Gasteiger charge is 2.39. The lowest BCUT2D eigenvalue weighted by Crippen LogP contribution is -2.52. The predicted molar refractivity (Wildman–Crippen MR) is 95.8 cm³/mol. The highest BCUT2D eigenvalue weighted by atomic mass is 19.1. The Morgan fingerprint density at radius 3 is 2.50 bits per heavy atom. The van der Waals surface area contributed by atoms with Crippen molar-refractivity contribution in [2.24, 2.45) is 11.7 Å². The summed E-state index contributed by atoms with van der Waals surface area (Å²) in [5.41, 5.74) is 9.39. The fourth-order valence-electron chi connectivity index (χ4n) is 4.19. The maximum atomic E-state index is 13.4. The number of fused-ring (bicyclic) bond motifs is 1. The number of halogens is 2. The second-order valence-corrected chi connectivity index (χ2v) is 7.36. The highest BCUT2D eigenvalue weighted by molar-refractivity contribution is 5.86. The van der Waals surface area contributed by atoms with Gasteiger partial charge in [0.15, 0.2) is 5.78 Å². The molecule has 0 amide bonds. The Morgan fingerprint density at radius 2 is 1.85 bits per heavy atom. The zero-order chi connectivity index (χ0) is 18.3. The molecule has 5 heteroatoms. The summed E-state index contributed by atoms with van der Waals surface area (Å²) < 4.78 is 26.6. The standard InChI is InChI=1S/C21H22F2N2O/c22-16-7-5-13(6-8-16)21(25-11-17(23)12-25)19(26)10-15-9-14-3-1-2-4-18(14)20(15)24/h1-8,15,17,20-21H,9-12,24H2/t15-,20-,21?/m1/s1. The van der Waals surface area contributed by atoms with E-state index in [4.69, 9.17) is 5.73 Å². The van der Waals surface area contributed by atoms with Crippen LogP contribution in [0.1, 0.15) is 35.2 Å². The number of likely N-dealkylation sites (tertiary alicyclic amines) is 1. The van der Waals surface area contributed by atoms with Crippen molar-refractivity contribution < 1.29 is 13.6 Å². The van der Waals surface area contributed by atoms with Crippen molar-refractivity contribution in [2.45, 2.75) is 31.1 Å². The van der Waals surface area contributed by atoms with Gasteiger partial charge in [0.1, 0.15) is 12.0 Å². The number of alkyl halides is 1. The number of nitrogens with two attached hydrogens (primary N) is 1. The van der Waals surface area contributed by atoms with Crippen LogP contribution < -0.4 is 5.73 Å². The van der Waals surface area contributed by atoms with Crippen LogP contribution in [-0.4, -0.2) is 29.9 Å². The normalized spacial score (nSPS) is 24.1. The number of hydrogen-bond donors (Lipinski definition) is 1. The maximum Gasteiger partial charge on any atom is 0.154 e. The molecule has 1 aliphatic heterocycles. The Kier molecular flexibility index (Phi) is 4.59. The topological polar surface area (TPSA) is 46.3 Å². The second kappa shape index (κ2) is 6.89. The third-order valence-electron chi connectivity index (χ3n) is 5.59. The minimum absolute atomic E-state index is 0.0248. The van der Waals surface area contributed by atoms with Crippen molar-refractivity contribution in [3.63, 3.8) is 0 Å². The SMILES string of the molecule is N[C@H]1c2ccccc2C[C@@H]1CC(=O)C(c1ccc(F)cc1)N1CC(F)C1. The average Bonchev–Trinajstić information content (AvgIpc) is 2.91. The van der Waals surface area contributed by atoms with Gasteiger partial charge in [0.05, 0.1) is 6.04 Å². The second-order valence-electron chi connectivity index (χ2n) is 7.36. The van der Waals surface area contributed by atoms with E-state index >= 15 is 0 Å². The summed E-state index contributed by atoms with van der Waals surface area (Å²) in [6.07, 6.45) is 0.222. The first-order valence-electron chi connectivity index (χ1n) is 9.02. The lowest BCUT2D eigenvalue weighted by molar-refractivity contribution is -0.128. The minimum atomic E-state index is -0.899. The van der Waals surface area contributed by atoms with Gasteiger partial charge in [-0.2, -0.15) is 0 Å². The Morgan fingerprint density at radius 1 is 1.15 bits per heavy atom. The third-order valence-corrected chi connectivity index (χ3v) is 5.59. The molecule has 1 aliphatic carbocycles. The molecule has 2 aromatic rings. The number of rotatable bonds is 5. The molecular formula is C21H22F2N2O. The van der Waals surface area contributed by atoms with E-state index < -0.39 is 12.2 Å². The van der Waals surface area contributed by atoms with Crippen LogP contribution in [0.3, 0.4) is 0 Å². The van der Waals surface area contributed by atoms with Crippen molar-refractivity contribution in [3.05, 3.63) is 71.0 Å². The van der Waals surface area contributed by atoms with Gasteiger partial charge in [-0.1, -0.05) is 36.4 Å². The Hall–Kier alpha value is -2.11. The quantitative estimate of drug-likeness (QED) is 0.894. The van der Waals surface area contributed by atoms with Crippen LogP contribution in [0.25, 0.3) is 0 Å². The Bertz CT molecular complexity index is 802. The molecule has 0 radical (unpaired) electrons. The van der Waals surface area contributed by atoms with Crippen molar-refractivity contribution >= 4 is 5.78 Å². The number of hydrogen-bond acceptors (Lipinski definition) is 3. The molecule has 1 fully saturated rings. The number of carbonyl (C=O) groups excluding carboxylic acids is 1. The predicted octanol–water partition coefficient (Wildman–Crippen LogP) is 3.35. The fraction of sp³-hybridized carbons (Fsp3) is 0.381. The van der Waals surface area contributed by atoms with Gasteiger partial charge in [0.25, 0.3) is 0 Å². The molecule has 2 N–H and O–H groups in total. The molecule has 2 aromatic carbocycles. The monoisotopic (exact) mass is 356 g/mol. The van der Waals surface area contributed by atoms with Gasteiger partial charge >= 0.3 is 0 Å². The molecule has 1 heterocycles. The molecule has 4 rings (SSSR count). The largest absolute Gasteiger partial charge is 0.324 e. The maximum absolute atomic E-state index is 13.4. The van der Waals surface area contributed by atoms with Crippen LogP contribution in [-0.2, 0) is 11.2 Å². The molecule has 1 unspecified atom stereocenters. The molecule has 1 saturated heterocycles. The average molecular weight is 356 g/mol. The van der Waals surface area contributed by atoms with Crippen molar-refractivity contribution in [1.82, 2.24) is 4.90 Å². The van der Waals surface area contributed by atoms with Gasteiger partial charge in [-0.05, 0) is 41.2 Å². The van der Waals surface area contributed by atoms with E-state index in [2.05, 4.69) is 6.07 Å². The molecule has 136 valence electrons. The Labute approximate surface area is 151 Å². The fourth-order valence-corrected chi connectivity index (χ4v) is 4.19. The smallest absolute Gasteiger partial charge is 0.154 e. The van der Waals surface area contributed by atoms with E-state index in [0.29, 0.717) is 12.0 Å². The van der Waals surface area contributed by atoms with Crippen LogP contribution in [0.2, 0.25) is 0 Å². The van der Waals surface area contributed by atoms with Crippen LogP contribution in [0.15, 0.2) is 48.5 Å². The summed E-state index contributed by atoms with van der Waals surface area (Å²) in [6.45, 7) is 0.482. The van der Waals surface area contributed by atoms with Gasteiger partial charge in [-0.15, -0.1) is 0 Å². The van der Waals surface area contributed by atoms with E-state index in [1.165, 1.54) is 17.7 Å². The van der Waals surface area contributed by atoms with E-state index in [9.17, 15) is 13.6 Å². The molecule has 0 aromatic heterocycles. The molecule has 0 saturated carbocycles. The lowest BCUT2D eigenvalue weighted by Gasteiger charge is -2.40. The van der Waals surface area contributed by atoms with Gasteiger partial charge in [0.2, 0.25) is 0 Å². The molecule has 2 aliphatic rings. The minimum Gasteiger partial charge on any atom is -0.324 e. The van der Waals surface area contributed by atoms with Crippen LogP contribution in [0.5, 0.6) is 0 Å². The highest BCUT2D eigenvalue weighted by Crippen LogP contribution is 2.38. The third kappa shape index (κ3) is 3.17.